The van der Waals surface area contributed by atoms with Gasteiger partial charge in [-0.3, -0.25) is 0 Å². The number of carbonyl (C=O) groups excluding carboxylic acids is 1. The van der Waals surface area contributed by atoms with Crippen LogP contribution in [0.15, 0.2) is 66.2 Å². The van der Waals surface area contributed by atoms with E-state index in [1.807, 2.05) is 65.3 Å². The average Bonchev–Trinajstić information content (AvgIpc) is 3.03. The van der Waals surface area contributed by atoms with Gasteiger partial charge >= 0.3 is 5.97 Å². The van der Waals surface area contributed by atoms with E-state index in [-0.39, 0.29) is 6.54 Å². The highest BCUT2D eigenvalue weighted by Gasteiger charge is 2.19. The van der Waals surface area contributed by atoms with E-state index in [0.29, 0.717) is 5.57 Å². The zero-order valence-electron chi connectivity index (χ0n) is 14.2. The minimum absolute atomic E-state index is 0.0867. The van der Waals surface area contributed by atoms with Crippen LogP contribution in [0.3, 0.4) is 0 Å². The highest BCUT2D eigenvalue weighted by Crippen LogP contribution is 2.30. The fourth-order valence-electron chi connectivity index (χ4n) is 2.58. The molecule has 0 saturated heterocycles. The summed E-state index contributed by atoms with van der Waals surface area (Å²) in [5.41, 5.74) is 9.70. The zero-order valence-corrected chi connectivity index (χ0v) is 16.4. The molecular formula is C20H18IN3O2. The van der Waals surface area contributed by atoms with Gasteiger partial charge in [0.2, 0.25) is 0 Å². The lowest BCUT2D eigenvalue weighted by molar-refractivity contribution is -0.136. The molecule has 0 unspecified atom stereocenters. The van der Waals surface area contributed by atoms with Crippen molar-refractivity contribution in [2.75, 3.05) is 13.7 Å². The second kappa shape index (κ2) is 8.29. The van der Waals surface area contributed by atoms with E-state index in [4.69, 9.17) is 15.6 Å². The maximum atomic E-state index is 12.0. The summed E-state index contributed by atoms with van der Waals surface area (Å²) < 4.78 is 7.59. The molecule has 2 aromatic carbocycles. The van der Waals surface area contributed by atoms with Crippen molar-refractivity contribution in [1.29, 1.82) is 0 Å². The van der Waals surface area contributed by atoms with Gasteiger partial charge in [0.1, 0.15) is 5.69 Å². The number of rotatable bonds is 5. The summed E-state index contributed by atoms with van der Waals surface area (Å²) in [5, 5.41) is 4.79. The first-order valence-electron chi connectivity index (χ1n) is 8.04. The molecule has 26 heavy (non-hydrogen) atoms. The quantitative estimate of drug-likeness (QED) is 0.359. The Morgan fingerprint density at radius 2 is 1.77 bits per heavy atom. The van der Waals surface area contributed by atoms with Crippen molar-refractivity contribution in [2.24, 2.45) is 5.73 Å². The molecule has 0 radical (unpaired) electrons. The number of ether oxygens (including phenoxy) is 1. The van der Waals surface area contributed by atoms with Crippen molar-refractivity contribution in [1.82, 2.24) is 9.78 Å². The second-order valence-electron chi connectivity index (χ2n) is 5.53. The third-order valence-electron chi connectivity index (χ3n) is 3.89. The van der Waals surface area contributed by atoms with Crippen LogP contribution in [0.25, 0.3) is 23.0 Å². The minimum atomic E-state index is -0.439. The molecule has 0 atom stereocenters. The van der Waals surface area contributed by atoms with Crippen LogP contribution in [-0.4, -0.2) is 29.4 Å². The molecule has 3 rings (SSSR count). The highest BCUT2D eigenvalue weighted by atomic mass is 127. The van der Waals surface area contributed by atoms with Crippen molar-refractivity contribution >= 4 is 34.6 Å². The number of nitrogens with zero attached hydrogens (tertiary/aromatic N) is 2. The second-order valence-corrected chi connectivity index (χ2v) is 6.61. The van der Waals surface area contributed by atoms with Gasteiger partial charge in [0.15, 0.2) is 0 Å². The van der Waals surface area contributed by atoms with E-state index in [1.165, 1.54) is 7.11 Å². The summed E-state index contributed by atoms with van der Waals surface area (Å²) in [6.07, 6.45) is 1.75. The number of hydrogen-bond acceptors (Lipinski definition) is 4. The lowest BCUT2D eigenvalue weighted by Crippen LogP contribution is -2.14. The van der Waals surface area contributed by atoms with E-state index in [2.05, 4.69) is 22.6 Å². The largest absolute Gasteiger partial charge is 0.466 e. The summed E-state index contributed by atoms with van der Waals surface area (Å²) in [5.74, 6) is -0.439. The third-order valence-corrected chi connectivity index (χ3v) is 4.95. The van der Waals surface area contributed by atoms with Gasteiger partial charge in [-0.25, -0.2) is 9.48 Å². The Kier molecular flexibility index (Phi) is 5.85. The summed E-state index contributed by atoms with van der Waals surface area (Å²) in [6, 6.07) is 19.7. The minimum Gasteiger partial charge on any atom is -0.466 e. The SMILES string of the molecule is COC(=O)/C(=C/c1c(I)c(-c2ccccc2)nn1-c1ccccc1)CN. The van der Waals surface area contributed by atoms with Crippen molar-refractivity contribution < 1.29 is 9.53 Å². The molecule has 5 nitrogen and oxygen atoms in total. The average molecular weight is 459 g/mol. The number of nitrogens with two attached hydrogens (primary N) is 1. The predicted octanol–water partition coefficient (Wildman–Crippen LogP) is 3.66. The Morgan fingerprint density at radius 1 is 1.15 bits per heavy atom. The number of halogens is 1. The molecule has 2 N–H and O–H groups in total. The van der Waals surface area contributed by atoms with Crippen LogP contribution in [0.4, 0.5) is 0 Å². The smallest absolute Gasteiger partial charge is 0.335 e. The fourth-order valence-corrected chi connectivity index (χ4v) is 3.38. The number of para-hydroxylation sites is 1. The van der Waals surface area contributed by atoms with Crippen molar-refractivity contribution in [3.63, 3.8) is 0 Å². The number of benzene rings is 2. The predicted molar refractivity (Wildman–Crippen MR) is 111 cm³/mol. The molecule has 0 saturated carbocycles. The van der Waals surface area contributed by atoms with Crippen LogP contribution < -0.4 is 5.73 Å². The van der Waals surface area contributed by atoms with Crippen molar-refractivity contribution in [2.45, 2.75) is 0 Å². The van der Waals surface area contributed by atoms with Crippen LogP contribution in [0.1, 0.15) is 5.69 Å². The van der Waals surface area contributed by atoms with Crippen molar-refractivity contribution in [3.8, 4) is 16.9 Å². The Morgan fingerprint density at radius 3 is 2.35 bits per heavy atom. The molecule has 0 aliphatic heterocycles. The van der Waals surface area contributed by atoms with Gasteiger partial charge in [0, 0.05) is 12.1 Å². The first-order valence-corrected chi connectivity index (χ1v) is 9.12. The molecule has 132 valence electrons. The molecule has 0 bridgehead atoms. The van der Waals surface area contributed by atoms with Crippen LogP contribution in [-0.2, 0) is 9.53 Å². The molecule has 0 fully saturated rings. The summed E-state index contributed by atoms with van der Waals surface area (Å²) in [6.45, 7) is 0.0867. The van der Waals surface area contributed by atoms with Crippen LogP contribution in [0.2, 0.25) is 0 Å². The Bertz CT molecular complexity index is 934. The van der Waals surface area contributed by atoms with Gasteiger partial charge in [-0.2, -0.15) is 5.10 Å². The zero-order chi connectivity index (χ0) is 18.5. The summed E-state index contributed by atoms with van der Waals surface area (Å²) >= 11 is 2.26. The van der Waals surface area contributed by atoms with Crippen LogP contribution in [0, 0.1) is 3.57 Å². The molecule has 3 aromatic rings. The molecular weight excluding hydrogens is 441 g/mol. The number of methoxy groups -OCH3 is 1. The lowest BCUT2D eigenvalue weighted by atomic mass is 10.1. The normalized spacial score (nSPS) is 11.4. The van der Waals surface area contributed by atoms with Gasteiger partial charge in [-0.15, -0.1) is 0 Å². The molecule has 1 aromatic heterocycles. The number of hydrogen-bond donors (Lipinski definition) is 1. The Balaban J connectivity index is 2.23. The van der Waals surface area contributed by atoms with Crippen LogP contribution >= 0.6 is 22.6 Å². The van der Waals surface area contributed by atoms with E-state index in [9.17, 15) is 4.79 Å². The van der Waals surface area contributed by atoms with Gasteiger partial charge < -0.3 is 10.5 Å². The third kappa shape index (κ3) is 3.71. The van der Waals surface area contributed by atoms with E-state index in [0.717, 1.165) is 26.2 Å². The van der Waals surface area contributed by atoms with Gasteiger partial charge in [0.25, 0.3) is 0 Å². The van der Waals surface area contributed by atoms with Crippen LogP contribution in [0.5, 0.6) is 0 Å². The highest BCUT2D eigenvalue weighted by molar-refractivity contribution is 14.1. The van der Waals surface area contributed by atoms with E-state index in [1.54, 1.807) is 6.08 Å². The Hall–Kier alpha value is -2.45. The molecule has 0 amide bonds. The molecule has 6 heteroatoms. The lowest BCUT2D eigenvalue weighted by Gasteiger charge is -2.07. The van der Waals surface area contributed by atoms with Crippen molar-refractivity contribution in [3.05, 3.63) is 75.5 Å². The molecule has 0 aliphatic carbocycles. The first-order chi connectivity index (χ1) is 12.7. The van der Waals surface area contributed by atoms with Gasteiger partial charge in [-0.1, -0.05) is 48.5 Å². The van der Waals surface area contributed by atoms with Gasteiger partial charge in [-0.05, 0) is 40.8 Å². The maximum Gasteiger partial charge on any atom is 0.335 e. The molecule has 1 heterocycles. The standard InChI is InChI=1S/C20H18IN3O2/c1-26-20(25)15(13-22)12-17-18(21)19(14-8-4-2-5-9-14)23-24(17)16-10-6-3-7-11-16/h2-12H,13,22H2,1H3/b15-12+. The topological polar surface area (TPSA) is 70.1 Å². The first kappa shape index (κ1) is 18.3. The molecule has 0 aliphatic rings. The summed E-state index contributed by atoms with van der Waals surface area (Å²) in [4.78, 5) is 12.0. The number of esters is 1. The Labute approximate surface area is 165 Å². The maximum absolute atomic E-state index is 12.0. The van der Waals surface area contributed by atoms with E-state index >= 15 is 0 Å². The molecule has 0 spiro atoms. The van der Waals surface area contributed by atoms with Gasteiger partial charge in [0.05, 0.1) is 27.6 Å². The fraction of sp³-hybridized carbons (Fsp3) is 0.100. The number of carbonyl (C=O) groups is 1. The number of aromatic nitrogens is 2. The summed E-state index contributed by atoms with van der Waals surface area (Å²) in [7, 11) is 1.35. The monoisotopic (exact) mass is 459 g/mol. The van der Waals surface area contributed by atoms with E-state index < -0.39 is 5.97 Å².